The number of hydrogen-bond donors (Lipinski definition) is 1. The molecule has 7 heteroatoms. The standard InChI is InChI=1S/C15H20N2O4S/c1-10-4-3-5-11(2)17(10)22(19,20)12-6-7-14-13(8-12)16-15(18)9-21-14/h6-8,10-11H,3-5,9H2,1-2H3,(H,16,18). The average molecular weight is 324 g/mol. The predicted octanol–water partition coefficient (Wildman–Crippen LogP) is 1.97. The maximum absolute atomic E-state index is 12.9. The molecule has 0 radical (unpaired) electrons. The van der Waals surface area contributed by atoms with Crippen LogP contribution in [0.2, 0.25) is 0 Å². The van der Waals surface area contributed by atoms with Crippen molar-refractivity contribution in [1.29, 1.82) is 0 Å². The van der Waals surface area contributed by atoms with Crippen molar-refractivity contribution in [2.24, 2.45) is 0 Å². The number of sulfonamides is 1. The van der Waals surface area contributed by atoms with Crippen molar-refractivity contribution in [3.05, 3.63) is 18.2 Å². The van der Waals surface area contributed by atoms with Gasteiger partial charge in [0.15, 0.2) is 6.61 Å². The Balaban J connectivity index is 1.99. The molecule has 2 atom stereocenters. The molecule has 1 amide bonds. The summed E-state index contributed by atoms with van der Waals surface area (Å²) in [6.45, 7) is 3.84. The SMILES string of the molecule is CC1CCCC(C)N1S(=O)(=O)c1ccc2c(c1)NC(=O)CO2. The van der Waals surface area contributed by atoms with E-state index in [-0.39, 0.29) is 29.5 Å². The van der Waals surface area contributed by atoms with Crippen molar-refractivity contribution in [2.45, 2.75) is 50.1 Å². The van der Waals surface area contributed by atoms with Gasteiger partial charge in [0.2, 0.25) is 10.0 Å². The van der Waals surface area contributed by atoms with Crippen molar-refractivity contribution in [3.63, 3.8) is 0 Å². The molecule has 22 heavy (non-hydrogen) atoms. The second-order valence-electron chi connectivity index (χ2n) is 5.96. The normalized spacial score (nSPS) is 26.0. The monoisotopic (exact) mass is 324 g/mol. The van der Waals surface area contributed by atoms with Crippen LogP contribution in [0.4, 0.5) is 5.69 Å². The number of hydrogen-bond acceptors (Lipinski definition) is 4. The van der Waals surface area contributed by atoms with Crippen LogP contribution in [0.15, 0.2) is 23.1 Å². The molecule has 0 aromatic heterocycles. The second-order valence-corrected chi connectivity index (χ2v) is 7.80. The molecule has 2 heterocycles. The first-order valence-corrected chi connectivity index (χ1v) is 8.94. The van der Waals surface area contributed by atoms with Crippen LogP contribution >= 0.6 is 0 Å². The molecule has 1 aromatic carbocycles. The smallest absolute Gasteiger partial charge is 0.262 e. The van der Waals surface area contributed by atoms with E-state index in [1.807, 2.05) is 13.8 Å². The van der Waals surface area contributed by atoms with E-state index in [4.69, 9.17) is 4.74 Å². The van der Waals surface area contributed by atoms with Gasteiger partial charge in [-0.3, -0.25) is 4.79 Å². The van der Waals surface area contributed by atoms with Gasteiger partial charge in [-0.05, 0) is 44.9 Å². The average Bonchev–Trinajstić information content (AvgIpc) is 2.46. The van der Waals surface area contributed by atoms with Crippen molar-refractivity contribution in [3.8, 4) is 5.75 Å². The fraction of sp³-hybridized carbons (Fsp3) is 0.533. The summed E-state index contributed by atoms with van der Waals surface area (Å²) in [6.07, 6.45) is 2.78. The van der Waals surface area contributed by atoms with Crippen molar-refractivity contribution >= 4 is 21.6 Å². The number of amides is 1. The fourth-order valence-corrected chi connectivity index (χ4v) is 5.12. The van der Waals surface area contributed by atoms with Crippen molar-refractivity contribution in [2.75, 3.05) is 11.9 Å². The topological polar surface area (TPSA) is 75.7 Å². The van der Waals surface area contributed by atoms with Crippen LogP contribution in [-0.2, 0) is 14.8 Å². The van der Waals surface area contributed by atoms with Gasteiger partial charge in [0.05, 0.1) is 10.6 Å². The zero-order valence-electron chi connectivity index (χ0n) is 12.7. The van der Waals surface area contributed by atoms with Crippen LogP contribution in [0.3, 0.4) is 0 Å². The van der Waals surface area contributed by atoms with Crippen LogP contribution in [0.1, 0.15) is 33.1 Å². The van der Waals surface area contributed by atoms with E-state index >= 15 is 0 Å². The minimum atomic E-state index is -3.58. The van der Waals surface area contributed by atoms with Crippen molar-refractivity contribution < 1.29 is 17.9 Å². The zero-order valence-corrected chi connectivity index (χ0v) is 13.5. The lowest BCUT2D eigenvalue weighted by Crippen LogP contribution is -2.47. The van der Waals surface area contributed by atoms with E-state index < -0.39 is 10.0 Å². The molecule has 1 fully saturated rings. The van der Waals surface area contributed by atoms with Crippen LogP contribution < -0.4 is 10.1 Å². The Bertz CT molecular complexity index is 691. The third-order valence-electron chi connectivity index (χ3n) is 4.27. The number of ether oxygens (including phenoxy) is 1. The van der Waals surface area contributed by atoms with E-state index in [0.717, 1.165) is 19.3 Å². The molecule has 6 nitrogen and oxygen atoms in total. The number of piperidine rings is 1. The number of carbonyl (C=O) groups is 1. The first kappa shape index (κ1) is 15.3. The molecule has 2 aliphatic rings. The minimum absolute atomic E-state index is 0.0179. The maximum Gasteiger partial charge on any atom is 0.262 e. The number of benzene rings is 1. The lowest BCUT2D eigenvalue weighted by atomic mass is 10.0. The third-order valence-corrected chi connectivity index (χ3v) is 6.40. The van der Waals surface area contributed by atoms with Gasteiger partial charge in [-0.2, -0.15) is 4.31 Å². The van der Waals surface area contributed by atoms with Gasteiger partial charge < -0.3 is 10.1 Å². The Kier molecular flexibility index (Phi) is 3.86. The summed E-state index contributed by atoms with van der Waals surface area (Å²) in [5, 5.41) is 2.65. The molecule has 1 aromatic rings. The van der Waals surface area contributed by atoms with E-state index in [0.29, 0.717) is 11.4 Å². The Morgan fingerprint density at radius 2 is 1.91 bits per heavy atom. The molecule has 3 rings (SSSR count). The Morgan fingerprint density at radius 3 is 2.59 bits per heavy atom. The van der Waals surface area contributed by atoms with Gasteiger partial charge in [-0.15, -0.1) is 0 Å². The Hall–Kier alpha value is -1.60. The largest absolute Gasteiger partial charge is 0.482 e. The summed E-state index contributed by atoms with van der Waals surface area (Å²) < 4.78 is 32.8. The van der Waals surface area contributed by atoms with Gasteiger partial charge in [-0.25, -0.2) is 8.42 Å². The van der Waals surface area contributed by atoms with E-state index in [1.165, 1.54) is 6.07 Å². The maximum atomic E-state index is 12.9. The summed E-state index contributed by atoms with van der Waals surface area (Å²) >= 11 is 0. The zero-order chi connectivity index (χ0) is 15.9. The van der Waals surface area contributed by atoms with E-state index in [2.05, 4.69) is 5.32 Å². The fourth-order valence-electron chi connectivity index (χ4n) is 3.22. The number of nitrogens with zero attached hydrogens (tertiary/aromatic N) is 1. The van der Waals surface area contributed by atoms with Crippen LogP contribution in [0, 0.1) is 0 Å². The van der Waals surface area contributed by atoms with Gasteiger partial charge in [0, 0.05) is 12.1 Å². The highest BCUT2D eigenvalue weighted by atomic mass is 32.2. The van der Waals surface area contributed by atoms with Crippen LogP contribution in [0.5, 0.6) is 5.75 Å². The highest BCUT2D eigenvalue weighted by molar-refractivity contribution is 7.89. The summed E-state index contributed by atoms with van der Waals surface area (Å²) in [6, 6.07) is 4.59. The molecule has 1 saturated heterocycles. The third kappa shape index (κ3) is 2.59. The molecule has 1 N–H and O–H groups in total. The molecular formula is C15H20N2O4S. The number of nitrogens with one attached hydrogen (secondary N) is 1. The lowest BCUT2D eigenvalue weighted by Gasteiger charge is -2.37. The number of fused-ring (bicyclic) bond motifs is 1. The predicted molar refractivity (Wildman–Crippen MR) is 82.4 cm³/mol. The first-order chi connectivity index (χ1) is 10.4. The molecular weight excluding hydrogens is 304 g/mol. The van der Waals surface area contributed by atoms with E-state index in [1.54, 1.807) is 16.4 Å². The van der Waals surface area contributed by atoms with Gasteiger partial charge in [-0.1, -0.05) is 6.42 Å². The summed E-state index contributed by atoms with van der Waals surface area (Å²) in [5.41, 5.74) is 0.412. The Labute approximate surface area is 130 Å². The quantitative estimate of drug-likeness (QED) is 0.902. The highest BCUT2D eigenvalue weighted by Gasteiger charge is 2.36. The molecule has 120 valence electrons. The molecule has 0 aliphatic carbocycles. The number of rotatable bonds is 2. The van der Waals surface area contributed by atoms with Gasteiger partial charge in [0.1, 0.15) is 5.75 Å². The van der Waals surface area contributed by atoms with Crippen molar-refractivity contribution in [1.82, 2.24) is 4.31 Å². The number of anilines is 1. The van der Waals surface area contributed by atoms with Crippen LogP contribution in [0.25, 0.3) is 0 Å². The highest BCUT2D eigenvalue weighted by Crippen LogP contribution is 2.34. The molecule has 0 saturated carbocycles. The summed E-state index contributed by atoms with van der Waals surface area (Å²) in [7, 11) is -3.58. The molecule has 0 spiro atoms. The molecule has 2 aliphatic heterocycles. The second kappa shape index (κ2) is 5.55. The van der Waals surface area contributed by atoms with Gasteiger partial charge in [0.25, 0.3) is 5.91 Å². The lowest BCUT2D eigenvalue weighted by molar-refractivity contribution is -0.118. The minimum Gasteiger partial charge on any atom is -0.482 e. The van der Waals surface area contributed by atoms with Gasteiger partial charge >= 0.3 is 0 Å². The molecule has 2 unspecified atom stereocenters. The summed E-state index contributed by atoms with van der Waals surface area (Å²) in [4.78, 5) is 11.6. The Morgan fingerprint density at radius 1 is 1.23 bits per heavy atom. The van der Waals surface area contributed by atoms with E-state index in [9.17, 15) is 13.2 Å². The number of carbonyl (C=O) groups excluding carboxylic acids is 1. The summed E-state index contributed by atoms with van der Waals surface area (Å²) in [5.74, 6) is 0.222. The molecule has 0 bridgehead atoms. The van der Waals surface area contributed by atoms with Crippen LogP contribution in [-0.4, -0.2) is 37.3 Å². The first-order valence-electron chi connectivity index (χ1n) is 7.50.